The van der Waals surface area contributed by atoms with Crippen LogP contribution < -0.4 is 5.32 Å². The molecule has 7 heteroatoms. The number of rotatable bonds is 6. The van der Waals surface area contributed by atoms with Gasteiger partial charge < -0.3 is 14.4 Å². The van der Waals surface area contributed by atoms with Crippen LogP contribution in [0.3, 0.4) is 0 Å². The van der Waals surface area contributed by atoms with Crippen LogP contribution >= 0.6 is 0 Å². The molecule has 24 heavy (non-hydrogen) atoms. The van der Waals surface area contributed by atoms with Gasteiger partial charge in [0, 0.05) is 17.5 Å². The molecule has 0 aliphatic rings. The lowest BCUT2D eigenvalue weighted by atomic mass is 10.1. The quantitative estimate of drug-likeness (QED) is 0.748. The van der Waals surface area contributed by atoms with Gasteiger partial charge in [0.15, 0.2) is 0 Å². The van der Waals surface area contributed by atoms with E-state index in [-0.39, 0.29) is 12.5 Å². The molecule has 1 N–H and O–H groups in total. The highest BCUT2D eigenvalue weighted by Crippen LogP contribution is 2.15. The Hall–Kier alpha value is -2.96. The van der Waals surface area contributed by atoms with Crippen LogP contribution in [0.15, 0.2) is 39.4 Å². The summed E-state index contributed by atoms with van der Waals surface area (Å²) >= 11 is 0. The van der Waals surface area contributed by atoms with Crippen molar-refractivity contribution in [1.82, 2.24) is 20.6 Å². The zero-order chi connectivity index (χ0) is 16.9. The third kappa shape index (κ3) is 3.68. The molecule has 0 aliphatic heterocycles. The molecule has 3 rings (SSSR count). The number of carbonyl (C=O) groups excluding carboxylic acids is 1. The summed E-state index contributed by atoms with van der Waals surface area (Å²) in [5, 5.41) is 10.6. The normalized spacial score (nSPS) is 10.8. The van der Waals surface area contributed by atoms with Gasteiger partial charge in [0.05, 0.1) is 12.2 Å². The summed E-state index contributed by atoms with van der Waals surface area (Å²) in [6, 6.07) is 9.53. The van der Waals surface area contributed by atoms with Crippen LogP contribution in [0.2, 0.25) is 0 Å². The fourth-order valence-electron chi connectivity index (χ4n) is 2.39. The highest BCUT2D eigenvalue weighted by Gasteiger charge is 2.12. The van der Waals surface area contributed by atoms with E-state index in [1.54, 1.807) is 0 Å². The number of aryl methyl sites for hydroxylation is 2. The fraction of sp³-hybridized carbons (Fsp3) is 0.294. The molecule has 0 saturated carbocycles. The molecule has 7 nitrogen and oxygen atoms in total. The second-order valence-corrected chi connectivity index (χ2v) is 5.46. The van der Waals surface area contributed by atoms with Gasteiger partial charge in [-0.15, -0.1) is 0 Å². The number of benzene rings is 1. The first kappa shape index (κ1) is 15.9. The molecule has 124 valence electrons. The number of carbonyl (C=O) groups is 1. The average Bonchev–Trinajstić information content (AvgIpc) is 3.19. The van der Waals surface area contributed by atoms with Gasteiger partial charge in [0.2, 0.25) is 17.6 Å². The molecule has 0 saturated heterocycles. The largest absolute Gasteiger partial charge is 0.361 e. The SMILES string of the molecule is Cc1noc(C)c1CCC(=O)NCc1nc(-c2ccccc2)no1. The summed E-state index contributed by atoms with van der Waals surface area (Å²) < 4.78 is 10.2. The predicted octanol–water partition coefficient (Wildman–Crippen LogP) is 2.59. The van der Waals surface area contributed by atoms with E-state index < -0.39 is 0 Å². The molecule has 0 bridgehead atoms. The van der Waals surface area contributed by atoms with Gasteiger partial charge >= 0.3 is 0 Å². The third-order valence-corrected chi connectivity index (χ3v) is 3.72. The Kier molecular flexibility index (Phi) is 4.69. The summed E-state index contributed by atoms with van der Waals surface area (Å²) in [5.74, 6) is 1.55. The predicted molar refractivity (Wildman–Crippen MR) is 85.9 cm³/mol. The molecule has 0 unspecified atom stereocenters. The Bertz CT molecular complexity index is 804. The van der Waals surface area contributed by atoms with Gasteiger partial charge in [-0.1, -0.05) is 40.6 Å². The molecule has 2 aromatic heterocycles. The van der Waals surface area contributed by atoms with Crippen molar-refractivity contribution < 1.29 is 13.8 Å². The summed E-state index contributed by atoms with van der Waals surface area (Å²) in [6.45, 7) is 3.92. The monoisotopic (exact) mass is 326 g/mol. The highest BCUT2D eigenvalue weighted by atomic mass is 16.5. The molecule has 3 aromatic rings. The van der Waals surface area contributed by atoms with Crippen molar-refractivity contribution in [1.29, 1.82) is 0 Å². The first-order chi connectivity index (χ1) is 11.6. The summed E-state index contributed by atoms with van der Waals surface area (Å²) in [4.78, 5) is 16.2. The molecule has 0 atom stereocenters. The van der Waals surface area contributed by atoms with Gasteiger partial charge in [0.1, 0.15) is 5.76 Å². The molecule has 0 fully saturated rings. The standard InChI is InChI=1S/C17H18N4O3/c1-11-14(12(2)23-20-11)8-9-15(22)18-10-16-19-17(21-24-16)13-6-4-3-5-7-13/h3-7H,8-10H2,1-2H3,(H,18,22). The minimum atomic E-state index is -0.0885. The summed E-state index contributed by atoms with van der Waals surface area (Å²) in [7, 11) is 0. The first-order valence-electron chi connectivity index (χ1n) is 7.70. The zero-order valence-corrected chi connectivity index (χ0v) is 13.6. The highest BCUT2D eigenvalue weighted by molar-refractivity contribution is 5.76. The molecule has 1 amide bonds. The molecule has 2 heterocycles. The van der Waals surface area contributed by atoms with Crippen LogP contribution in [0.1, 0.15) is 29.3 Å². The van der Waals surface area contributed by atoms with Crippen LogP contribution in [-0.2, 0) is 17.8 Å². The zero-order valence-electron chi connectivity index (χ0n) is 13.6. The fourth-order valence-corrected chi connectivity index (χ4v) is 2.39. The van der Waals surface area contributed by atoms with Crippen LogP contribution in [0.4, 0.5) is 0 Å². The van der Waals surface area contributed by atoms with Gasteiger partial charge in [0.25, 0.3) is 0 Å². The van der Waals surface area contributed by atoms with Crippen molar-refractivity contribution in [2.75, 3.05) is 0 Å². The van der Waals surface area contributed by atoms with E-state index in [4.69, 9.17) is 9.05 Å². The van der Waals surface area contributed by atoms with Crippen LogP contribution in [0.25, 0.3) is 11.4 Å². The summed E-state index contributed by atoms with van der Waals surface area (Å²) in [5.41, 5.74) is 2.68. The average molecular weight is 326 g/mol. The van der Waals surface area contributed by atoms with E-state index in [1.807, 2.05) is 44.2 Å². The number of aromatic nitrogens is 3. The molecule has 0 aliphatic carbocycles. The Morgan fingerprint density at radius 1 is 1.12 bits per heavy atom. The number of hydrogen-bond acceptors (Lipinski definition) is 6. The number of hydrogen-bond donors (Lipinski definition) is 1. The molecule has 0 radical (unpaired) electrons. The van der Waals surface area contributed by atoms with Gasteiger partial charge in [-0.2, -0.15) is 4.98 Å². The smallest absolute Gasteiger partial charge is 0.246 e. The van der Waals surface area contributed by atoms with Crippen LogP contribution in [0, 0.1) is 13.8 Å². The number of nitrogens with zero attached hydrogens (tertiary/aromatic N) is 3. The van der Waals surface area contributed by atoms with Crippen molar-refractivity contribution >= 4 is 5.91 Å². The van der Waals surface area contributed by atoms with Crippen molar-refractivity contribution in [3.63, 3.8) is 0 Å². The first-order valence-corrected chi connectivity index (χ1v) is 7.70. The second-order valence-electron chi connectivity index (χ2n) is 5.46. The van der Waals surface area contributed by atoms with Crippen molar-refractivity contribution in [2.45, 2.75) is 33.2 Å². The van der Waals surface area contributed by atoms with Crippen LogP contribution in [0.5, 0.6) is 0 Å². The Balaban J connectivity index is 1.51. The maximum atomic E-state index is 12.0. The minimum absolute atomic E-state index is 0.0885. The van der Waals surface area contributed by atoms with E-state index in [0.717, 1.165) is 22.6 Å². The van der Waals surface area contributed by atoms with Gasteiger partial charge in [-0.05, 0) is 20.3 Å². The summed E-state index contributed by atoms with van der Waals surface area (Å²) in [6.07, 6.45) is 0.939. The maximum Gasteiger partial charge on any atom is 0.246 e. The minimum Gasteiger partial charge on any atom is -0.361 e. The lowest BCUT2D eigenvalue weighted by Gasteiger charge is -2.02. The lowest BCUT2D eigenvalue weighted by molar-refractivity contribution is -0.121. The van der Waals surface area contributed by atoms with Crippen LogP contribution in [-0.4, -0.2) is 21.2 Å². The topological polar surface area (TPSA) is 94.1 Å². The second kappa shape index (κ2) is 7.08. The van der Waals surface area contributed by atoms with E-state index >= 15 is 0 Å². The van der Waals surface area contributed by atoms with E-state index in [9.17, 15) is 4.79 Å². The number of nitrogens with one attached hydrogen (secondary N) is 1. The molecule has 0 spiro atoms. The van der Waals surface area contributed by atoms with E-state index in [1.165, 1.54) is 0 Å². The molecular formula is C17H18N4O3. The Morgan fingerprint density at radius 3 is 2.62 bits per heavy atom. The number of amides is 1. The molecular weight excluding hydrogens is 308 g/mol. The molecule has 1 aromatic carbocycles. The van der Waals surface area contributed by atoms with E-state index in [0.29, 0.717) is 24.6 Å². The van der Waals surface area contributed by atoms with Gasteiger partial charge in [-0.25, -0.2) is 0 Å². The third-order valence-electron chi connectivity index (χ3n) is 3.72. The lowest BCUT2D eigenvalue weighted by Crippen LogP contribution is -2.23. The maximum absolute atomic E-state index is 12.0. The van der Waals surface area contributed by atoms with Crippen molar-refractivity contribution in [3.05, 3.63) is 53.2 Å². The Morgan fingerprint density at radius 2 is 1.92 bits per heavy atom. The van der Waals surface area contributed by atoms with Gasteiger partial charge in [-0.3, -0.25) is 4.79 Å². The van der Waals surface area contributed by atoms with Crippen molar-refractivity contribution in [3.8, 4) is 11.4 Å². The van der Waals surface area contributed by atoms with Crippen molar-refractivity contribution in [2.24, 2.45) is 0 Å². The Labute approximate surface area is 139 Å². The van der Waals surface area contributed by atoms with E-state index in [2.05, 4.69) is 20.6 Å².